The molecule has 2 aromatic carbocycles. The Morgan fingerprint density at radius 3 is 2.66 bits per heavy atom. The van der Waals surface area contributed by atoms with Gasteiger partial charge >= 0.3 is 0 Å². The predicted molar refractivity (Wildman–Crippen MR) is 121 cm³/mol. The molecule has 0 N–H and O–H groups in total. The lowest BCUT2D eigenvalue weighted by molar-refractivity contribution is 0.477. The monoisotopic (exact) mass is 413 g/mol. The maximum Gasteiger partial charge on any atom is 0.130 e. The Bertz CT molecular complexity index is 1020. The molecule has 0 heterocycles. The number of benzene rings is 2. The standard InChI is InChI=1S/C23H31N3O2S/c1-6-26(4)16-24-22-12-18(3)23(13-17(22)2)28-20-8-7-9-21(14-20)29(5,27)25-15-19-10-11-19/h7-9,12-14,16,19H,6,10-11,15H2,1-5H3/b24-16-. The van der Waals surface area contributed by atoms with E-state index in [1.54, 1.807) is 6.26 Å². The van der Waals surface area contributed by atoms with Crippen molar-refractivity contribution in [2.75, 3.05) is 26.4 Å². The van der Waals surface area contributed by atoms with Gasteiger partial charge in [0.05, 0.1) is 33.2 Å². The molecule has 1 fully saturated rings. The average molecular weight is 414 g/mol. The lowest BCUT2D eigenvalue weighted by atomic mass is 10.1. The van der Waals surface area contributed by atoms with Crippen molar-refractivity contribution < 1.29 is 8.95 Å². The van der Waals surface area contributed by atoms with Crippen LogP contribution in [0, 0.1) is 19.8 Å². The van der Waals surface area contributed by atoms with Crippen molar-refractivity contribution in [3.05, 3.63) is 47.5 Å². The fourth-order valence-corrected chi connectivity index (χ4v) is 4.10. The molecular weight excluding hydrogens is 382 g/mol. The van der Waals surface area contributed by atoms with Crippen molar-refractivity contribution in [3.63, 3.8) is 0 Å². The minimum atomic E-state index is -2.40. The molecule has 156 valence electrons. The molecule has 2 aromatic rings. The van der Waals surface area contributed by atoms with Crippen molar-refractivity contribution >= 4 is 21.8 Å². The quantitative estimate of drug-likeness (QED) is 0.420. The smallest absolute Gasteiger partial charge is 0.130 e. The van der Waals surface area contributed by atoms with Crippen LogP contribution in [0.4, 0.5) is 5.69 Å². The number of hydrogen-bond donors (Lipinski definition) is 0. The van der Waals surface area contributed by atoms with Gasteiger partial charge in [0.15, 0.2) is 0 Å². The first kappa shape index (κ1) is 21.4. The van der Waals surface area contributed by atoms with Crippen molar-refractivity contribution in [2.45, 2.75) is 38.5 Å². The molecular formula is C23H31N3O2S. The van der Waals surface area contributed by atoms with Crippen LogP contribution in [-0.4, -0.2) is 41.8 Å². The molecule has 3 rings (SSSR count). The number of aliphatic imine (C=N–C) groups is 1. The molecule has 6 heteroatoms. The van der Waals surface area contributed by atoms with E-state index < -0.39 is 9.73 Å². The van der Waals surface area contributed by atoms with Crippen LogP contribution < -0.4 is 4.74 Å². The molecule has 1 atom stereocenters. The molecule has 1 unspecified atom stereocenters. The van der Waals surface area contributed by atoms with Crippen molar-refractivity contribution in [3.8, 4) is 11.5 Å². The third kappa shape index (κ3) is 5.82. The van der Waals surface area contributed by atoms with Crippen LogP contribution in [0.2, 0.25) is 0 Å². The SMILES string of the molecule is CCN(C)/C=N\c1cc(C)c(Oc2cccc(S(C)(=O)=NCC3CC3)c2)cc1C. The van der Waals surface area contributed by atoms with Gasteiger partial charge < -0.3 is 9.64 Å². The van der Waals surface area contributed by atoms with Crippen LogP contribution in [-0.2, 0) is 9.73 Å². The Kier molecular flexibility index (Phi) is 6.63. The average Bonchev–Trinajstić information content (AvgIpc) is 3.52. The highest BCUT2D eigenvalue weighted by Gasteiger charge is 2.21. The van der Waals surface area contributed by atoms with E-state index in [-0.39, 0.29) is 0 Å². The Balaban J connectivity index is 1.81. The number of aryl methyl sites for hydroxylation is 2. The van der Waals surface area contributed by atoms with E-state index in [9.17, 15) is 4.21 Å². The van der Waals surface area contributed by atoms with Gasteiger partial charge in [-0.05, 0) is 81.0 Å². The van der Waals surface area contributed by atoms with Crippen LogP contribution in [0.3, 0.4) is 0 Å². The first-order valence-electron chi connectivity index (χ1n) is 10.1. The first-order valence-corrected chi connectivity index (χ1v) is 12.0. The van der Waals surface area contributed by atoms with Crippen LogP contribution in [0.5, 0.6) is 11.5 Å². The highest BCUT2D eigenvalue weighted by Crippen LogP contribution is 2.33. The third-order valence-corrected chi connectivity index (χ3v) is 6.90. The first-order chi connectivity index (χ1) is 13.8. The van der Waals surface area contributed by atoms with Crippen molar-refractivity contribution in [1.82, 2.24) is 4.90 Å². The fourth-order valence-electron chi connectivity index (χ4n) is 2.79. The summed E-state index contributed by atoms with van der Waals surface area (Å²) in [7, 11) is -0.403. The van der Waals surface area contributed by atoms with Gasteiger partial charge in [0.1, 0.15) is 11.5 Å². The van der Waals surface area contributed by atoms with E-state index in [4.69, 9.17) is 4.74 Å². The number of ether oxygens (including phenoxy) is 1. The van der Waals surface area contributed by atoms with Gasteiger partial charge in [-0.3, -0.25) is 0 Å². The Morgan fingerprint density at radius 1 is 1.21 bits per heavy atom. The Morgan fingerprint density at radius 2 is 1.97 bits per heavy atom. The molecule has 1 aliphatic carbocycles. The third-order valence-electron chi connectivity index (χ3n) is 5.13. The summed E-state index contributed by atoms with van der Waals surface area (Å²) in [5.41, 5.74) is 2.98. The molecule has 0 saturated heterocycles. The highest BCUT2D eigenvalue weighted by atomic mass is 32.2. The van der Waals surface area contributed by atoms with Crippen LogP contribution in [0.15, 0.2) is 50.6 Å². The highest BCUT2D eigenvalue weighted by molar-refractivity contribution is 7.93. The van der Waals surface area contributed by atoms with Crippen molar-refractivity contribution in [1.29, 1.82) is 0 Å². The lowest BCUT2D eigenvalue weighted by Crippen LogP contribution is -2.14. The Labute approximate surface area is 175 Å². The molecule has 0 aliphatic heterocycles. The van der Waals surface area contributed by atoms with Crippen LogP contribution in [0.1, 0.15) is 30.9 Å². The summed E-state index contributed by atoms with van der Waals surface area (Å²) in [6.45, 7) is 7.72. The van der Waals surface area contributed by atoms with Gasteiger partial charge in [-0.15, -0.1) is 0 Å². The zero-order chi connectivity index (χ0) is 21.0. The molecule has 0 spiro atoms. The topological polar surface area (TPSA) is 54.3 Å². The number of hydrogen-bond acceptors (Lipinski definition) is 4. The second kappa shape index (κ2) is 8.99. The van der Waals surface area contributed by atoms with Gasteiger partial charge in [-0.1, -0.05) is 6.07 Å². The zero-order valence-corrected chi connectivity index (χ0v) is 18.8. The summed E-state index contributed by atoms with van der Waals surface area (Å²) in [5.74, 6) is 2.07. The molecule has 0 bridgehead atoms. The summed E-state index contributed by atoms with van der Waals surface area (Å²) in [5, 5.41) is 0. The molecule has 0 aromatic heterocycles. The molecule has 5 nitrogen and oxygen atoms in total. The summed E-state index contributed by atoms with van der Waals surface area (Å²) in [6, 6.07) is 11.5. The zero-order valence-electron chi connectivity index (χ0n) is 18.0. The maximum absolute atomic E-state index is 13.0. The van der Waals surface area contributed by atoms with E-state index >= 15 is 0 Å². The van der Waals surface area contributed by atoms with Gasteiger partial charge in [0.25, 0.3) is 0 Å². The van der Waals surface area contributed by atoms with E-state index in [0.29, 0.717) is 23.1 Å². The summed E-state index contributed by atoms with van der Waals surface area (Å²) in [4.78, 5) is 7.31. The van der Waals surface area contributed by atoms with Gasteiger partial charge in [0, 0.05) is 19.8 Å². The second-order valence-corrected chi connectivity index (χ2v) is 10.2. The maximum atomic E-state index is 13.0. The molecule has 29 heavy (non-hydrogen) atoms. The summed E-state index contributed by atoms with van der Waals surface area (Å²) in [6.07, 6.45) is 5.96. The van der Waals surface area contributed by atoms with E-state index in [1.807, 2.05) is 68.5 Å². The van der Waals surface area contributed by atoms with E-state index in [2.05, 4.69) is 16.3 Å². The molecule has 0 radical (unpaired) electrons. The number of nitrogens with zero attached hydrogens (tertiary/aromatic N) is 3. The predicted octanol–water partition coefficient (Wildman–Crippen LogP) is 5.57. The van der Waals surface area contributed by atoms with E-state index in [0.717, 1.165) is 29.1 Å². The molecule has 0 amide bonds. The largest absolute Gasteiger partial charge is 0.457 e. The summed E-state index contributed by atoms with van der Waals surface area (Å²) < 4.78 is 23.6. The normalized spacial score (nSPS) is 15.9. The minimum Gasteiger partial charge on any atom is -0.457 e. The Hall–Kier alpha value is -2.34. The van der Waals surface area contributed by atoms with Gasteiger partial charge in [-0.2, -0.15) is 0 Å². The van der Waals surface area contributed by atoms with Gasteiger partial charge in [0.2, 0.25) is 0 Å². The second-order valence-electron chi connectivity index (χ2n) is 7.86. The fraction of sp³-hybridized carbons (Fsp3) is 0.435. The van der Waals surface area contributed by atoms with Crippen molar-refractivity contribution in [2.24, 2.45) is 15.3 Å². The molecule has 1 aliphatic rings. The van der Waals surface area contributed by atoms with E-state index in [1.165, 1.54) is 12.8 Å². The van der Waals surface area contributed by atoms with Crippen LogP contribution in [0.25, 0.3) is 0 Å². The van der Waals surface area contributed by atoms with Gasteiger partial charge in [-0.25, -0.2) is 13.6 Å². The molecule has 1 saturated carbocycles. The van der Waals surface area contributed by atoms with Crippen LogP contribution >= 0.6 is 0 Å². The summed E-state index contributed by atoms with van der Waals surface area (Å²) >= 11 is 0. The minimum absolute atomic E-state index is 0.624. The lowest BCUT2D eigenvalue weighted by Gasteiger charge is -2.13. The number of rotatable bonds is 8.